The summed E-state index contributed by atoms with van der Waals surface area (Å²) in [7, 11) is 3.12. The summed E-state index contributed by atoms with van der Waals surface area (Å²) < 4.78 is 29.2. The molecule has 0 aliphatic carbocycles. The number of hydrogen-bond donors (Lipinski definition) is 1. The van der Waals surface area contributed by atoms with Crippen LogP contribution in [0.25, 0.3) is 0 Å². The molecule has 0 bridgehead atoms. The van der Waals surface area contributed by atoms with E-state index in [0.717, 1.165) is 5.56 Å². The molecule has 3 rings (SSSR count). The summed E-state index contributed by atoms with van der Waals surface area (Å²) in [5, 5.41) is 2.82. The van der Waals surface area contributed by atoms with Crippen LogP contribution in [0.1, 0.15) is 37.3 Å². The molecule has 0 saturated heterocycles. The van der Waals surface area contributed by atoms with Crippen molar-refractivity contribution in [3.05, 3.63) is 70.7 Å². The Labute approximate surface area is 210 Å². The molecule has 1 N–H and O–H groups in total. The van der Waals surface area contributed by atoms with Crippen LogP contribution in [0.2, 0.25) is 0 Å². The molecule has 0 saturated carbocycles. The smallest absolute Gasteiger partial charge is 0.336 e. The third-order valence-electron chi connectivity index (χ3n) is 6.08. The summed E-state index contributed by atoms with van der Waals surface area (Å²) in [6.45, 7) is 3.60. The van der Waals surface area contributed by atoms with Gasteiger partial charge in [-0.05, 0) is 55.7 Å². The zero-order chi connectivity index (χ0) is 26.2. The predicted octanol–water partition coefficient (Wildman–Crippen LogP) is 3.35. The van der Waals surface area contributed by atoms with Gasteiger partial charge in [0.05, 0.1) is 26.4 Å². The molecule has 0 aromatic heterocycles. The van der Waals surface area contributed by atoms with E-state index in [9.17, 15) is 18.8 Å². The Hall–Kier alpha value is -3.88. The number of rotatable bonds is 10. The Morgan fingerprint density at radius 2 is 1.78 bits per heavy atom. The average molecular weight is 499 g/mol. The summed E-state index contributed by atoms with van der Waals surface area (Å²) in [6.07, 6.45) is 0.519. The van der Waals surface area contributed by atoms with Crippen molar-refractivity contribution in [2.24, 2.45) is 0 Å². The fourth-order valence-corrected chi connectivity index (χ4v) is 4.24. The number of benzene rings is 2. The van der Waals surface area contributed by atoms with Crippen LogP contribution in [0.3, 0.4) is 0 Å². The fourth-order valence-electron chi connectivity index (χ4n) is 4.24. The van der Waals surface area contributed by atoms with Crippen molar-refractivity contribution in [3.8, 4) is 11.5 Å². The van der Waals surface area contributed by atoms with Crippen LogP contribution in [0.15, 0.2) is 53.7 Å². The van der Waals surface area contributed by atoms with E-state index >= 15 is 0 Å². The van der Waals surface area contributed by atoms with Gasteiger partial charge < -0.3 is 24.4 Å². The Kier molecular flexibility index (Phi) is 9.05. The van der Waals surface area contributed by atoms with Crippen molar-refractivity contribution in [1.29, 1.82) is 0 Å². The molecule has 1 atom stereocenters. The fraction of sp³-hybridized carbons (Fsp3) is 0.370. The third-order valence-corrected chi connectivity index (χ3v) is 6.08. The number of amides is 2. The van der Waals surface area contributed by atoms with Crippen molar-refractivity contribution in [3.63, 3.8) is 0 Å². The summed E-state index contributed by atoms with van der Waals surface area (Å²) >= 11 is 0. The lowest BCUT2D eigenvalue weighted by atomic mass is 9.83. The number of nitrogens with one attached hydrogen (secondary N) is 1. The van der Waals surface area contributed by atoms with Crippen molar-refractivity contribution in [2.45, 2.75) is 32.6 Å². The van der Waals surface area contributed by atoms with Crippen molar-refractivity contribution in [2.75, 3.05) is 33.9 Å². The largest absolute Gasteiger partial charge is 0.493 e. The number of nitrogens with zero attached hydrogens (tertiary/aromatic N) is 1. The highest BCUT2D eigenvalue weighted by atomic mass is 19.1. The summed E-state index contributed by atoms with van der Waals surface area (Å²) in [6, 6.07) is 11.2. The first-order valence-electron chi connectivity index (χ1n) is 11.7. The zero-order valence-electron chi connectivity index (χ0n) is 20.9. The van der Waals surface area contributed by atoms with Crippen LogP contribution in [0, 0.1) is 5.82 Å². The van der Waals surface area contributed by atoms with Gasteiger partial charge in [0.1, 0.15) is 12.4 Å². The highest BCUT2D eigenvalue weighted by Gasteiger charge is 2.37. The van der Waals surface area contributed by atoms with Gasteiger partial charge >= 0.3 is 5.97 Å². The number of hydrogen-bond acceptors (Lipinski definition) is 6. The number of carbonyl (C=O) groups is 3. The van der Waals surface area contributed by atoms with E-state index in [0.29, 0.717) is 41.3 Å². The zero-order valence-corrected chi connectivity index (χ0v) is 20.9. The van der Waals surface area contributed by atoms with Gasteiger partial charge in [0.2, 0.25) is 11.8 Å². The Morgan fingerprint density at radius 1 is 1.08 bits per heavy atom. The monoisotopic (exact) mass is 498 g/mol. The van der Waals surface area contributed by atoms with Crippen LogP contribution in [0.5, 0.6) is 11.5 Å². The average Bonchev–Trinajstić information content (AvgIpc) is 2.86. The number of esters is 1. The minimum Gasteiger partial charge on any atom is -0.493 e. The Morgan fingerprint density at radius 3 is 2.42 bits per heavy atom. The maximum atomic E-state index is 13.4. The van der Waals surface area contributed by atoms with E-state index in [2.05, 4.69) is 5.32 Å². The molecule has 36 heavy (non-hydrogen) atoms. The number of methoxy groups -OCH3 is 2. The van der Waals surface area contributed by atoms with Gasteiger partial charge in [-0.3, -0.25) is 9.59 Å². The van der Waals surface area contributed by atoms with Crippen molar-refractivity contribution >= 4 is 17.8 Å². The normalized spacial score (nSPS) is 15.5. The summed E-state index contributed by atoms with van der Waals surface area (Å²) in [5.74, 6) is -0.991. The highest BCUT2D eigenvalue weighted by molar-refractivity contribution is 5.97. The molecule has 1 heterocycles. The molecule has 2 aromatic rings. The van der Waals surface area contributed by atoms with Gasteiger partial charge in [-0.2, -0.15) is 0 Å². The van der Waals surface area contributed by atoms with E-state index in [-0.39, 0.29) is 31.4 Å². The van der Waals surface area contributed by atoms with Crippen molar-refractivity contribution < 1.29 is 33.0 Å². The number of ether oxygens (including phenoxy) is 3. The van der Waals surface area contributed by atoms with E-state index < -0.39 is 17.7 Å². The predicted molar refractivity (Wildman–Crippen MR) is 131 cm³/mol. The molecule has 0 spiro atoms. The first kappa shape index (κ1) is 26.7. The molecule has 1 aliphatic rings. The van der Waals surface area contributed by atoms with E-state index in [1.54, 1.807) is 46.3 Å². The quantitative estimate of drug-likeness (QED) is 0.505. The van der Waals surface area contributed by atoms with Crippen LogP contribution in [-0.2, 0) is 25.5 Å². The molecule has 2 aromatic carbocycles. The Balaban J connectivity index is 1.72. The molecule has 1 unspecified atom stereocenters. The SMILES string of the molecule is CCOC(=O)C1=C(C)N(CC(=O)NCCc2ccc(OC)c(OC)c2)C(=O)CC1c1ccc(F)cc1. The first-order valence-corrected chi connectivity index (χ1v) is 11.7. The standard InChI is InChI=1S/C27H31FN2O6/c1-5-36-27(33)26-17(2)30(25(32)15-21(26)19-7-9-20(28)10-8-19)16-24(31)29-13-12-18-6-11-22(34-3)23(14-18)35-4/h6-11,14,21H,5,12-13,15-16H2,1-4H3,(H,29,31). The van der Waals surface area contributed by atoms with Crippen molar-refractivity contribution in [1.82, 2.24) is 10.2 Å². The van der Waals surface area contributed by atoms with Gasteiger partial charge in [-0.25, -0.2) is 9.18 Å². The third kappa shape index (κ3) is 6.21. The summed E-state index contributed by atoms with van der Waals surface area (Å²) in [5.41, 5.74) is 2.23. The van der Waals surface area contributed by atoms with Crippen LogP contribution in [-0.4, -0.2) is 56.6 Å². The molecule has 192 valence electrons. The second-order valence-corrected chi connectivity index (χ2v) is 8.30. The van der Waals surface area contributed by atoms with Gasteiger partial charge in [0.25, 0.3) is 0 Å². The maximum Gasteiger partial charge on any atom is 0.336 e. The minimum absolute atomic E-state index is 0.0317. The van der Waals surface area contributed by atoms with E-state index in [1.165, 1.54) is 17.0 Å². The lowest BCUT2D eigenvalue weighted by Crippen LogP contribution is -2.44. The van der Waals surface area contributed by atoms with Gasteiger partial charge in [-0.15, -0.1) is 0 Å². The molecular weight excluding hydrogens is 467 g/mol. The lowest BCUT2D eigenvalue weighted by Gasteiger charge is -2.34. The number of allylic oxidation sites excluding steroid dienone is 1. The molecular formula is C27H31FN2O6. The maximum absolute atomic E-state index is 13.4. The molecule has 9 heteroatoms. The molecule has 1 aliphatic heterocycles. The topological polar surface area (TPSA) is 94.2 Å². The van der Waals surface area contributed by atoms with Crippen LogP contribution in [0.4, 0.5) is 4.39 Å². The second kappa shape index (κ2) is 12.2. The number of carbonyl (C=O) groups excluding carboxylic acids is 3. The van der Waals surface area contributed by atoms with Gasteiger partial charge in [-0.1, -0.05) is 18.2 Å². The van der Waals surface area contributed by atoms with Crippen LogP contribution < -0.4 is 14.8 Å². The van der Waals surface area contributed by atoms with Crippen LogP contribution >= 0.6 is 0 Å². The molecule has 0 radical (unpaired) electrons. The Bertz CT molecular complexity index is 1150. The van der Waals surface area contributed by atoms with E-state index in [4.69, 9.17) is 14.2 Å². The molecule has 8 nitrogen and oxygen atoms in total. The second-order valence-electron chi connectivity index (χ2n) is 8.30. The van der Waals surface area contributed by atoms with E-state index in [1.807, 2.05) is 12.1 Å². The first-order chi connectivity index (χ1) is 17.3. The lowest BCUT2D eigenvalue weighted by molar-refractivity contribution is -0.141. The number of halogens is 1. The van der Waals surface area contributed by atoms with Gasteiger partial charge in [0.15, 0.2) is 11.5 Å². The minimum atomic E-state index is -0.582. The van der Waals surface area contributed by atoms with Gasteiger partial charge in [0, 0.05) is 24.6 Å². The molecule has 2 amide bonds. The molecule has 0 fully saturated rings. The summed E-state index contributed by atoms with van der Waals surface area (Å²) in [4.78, 5) is 39.8. The highest BCUT2D eigenvalue weighted by Crippen LogP contribution is 2.37.